The molecule has 1 unspecified atom stereocenters. The molecule has 0 amide bonds. The van der Waals surface area contributed by atoms with Gasteiger partial charge in [0.05, 0.1) is 13.2 Å². The molecule has 0 bridgehead atoms. The molecule has 0 radical (unpaired) electrons. The largest absolute Gasteiger partial charge is 0.497 e. The summed E-state index contributed by atoms with van der Waals surface area (Å²) in [7, 11) is 1.63. The Bertz CT molecular complexity index is 246. The van der Waals surface area contributed by atoms with Gasteiger partial charge in [-0.05, 0) is 24.1 Å². The maximum absolute atomic E-state index is 9.27. The number of methoxy groups -OCH3 is 1. The maximum atomic E-state index is 9.27. The lowest BCUT2D eigenvalue weighted by Crippen LogP contribution is -2.11. The van der Waals surface area contributed by atoms with Crippen LogP contribution >= 0.6 is 11.6 Å². The Balaban J connectivity index is 2.58. The zero-order valence-electron chi connectivity index (χ0n) is 7.53. The lowest BCUT2D eigenvalue weighted by molar-refractivity contribution is 0.198. The van der Waals surface area contributed by atoms with Crippen molar-refractivity contribution in [3.05, 3.63) is 29.8 Å². The molecule has 0 aliphatic heterocycles. The Labute approximate surface area is 83.1 Å². The summed E-state index contributed by atoms with van der Waals surface area (Å²) in [6.07, 6.45) is 0.128. The van der Waals surface area contributed by atoms with Gasteiger partial charge in [0.15, 0.2) is 0 Å². The van der Waals surface area contributed by atoms with Gasteiger partial charge in [0.1, 0.15) is 5.75 Å². The van der Waals surface area contributed by atoms with Gasteiger partial charge >= 0.3 is 0 Å². The average molecular weight is 201 g/mol. The van der Waals surface area contributed by atoms with Crippen LogP contribution in [-0.2, 0) is 6.42 Å². The topological polar surface area (TPSA) is 29.5 Å². The van der Waals surface area contributed by atoms with Crippen molar-refractivity contribution in [3.63, 3.8) is 0 Å². The smallest absolute Gasteiger partial charge is 0.118 e. The van der Waals surface area contributed by atoms with E-state index in [2.05, 4.69) is 0 Å². The summed E-state index contributed by atoms with van der Waals surface area (Å²) < 4.78 is 5.01. The first kappa shape index (κ1) is 10.4. The number of aliphatic hydroxyl groups is 1. The van der Waals surface area contributed by atoms with E-state index in [1.54, 1.807) is 7.11 Å². The Hall–Kier alpha value is -0.730. The summed E-state index contributed by atoms with van der Waals surface area (Å²) in [5.74, 6) is 1.09. The van der Waals surface area contributed by atoms with Gasteiger partial charge < -0.3 is 9.84 Å². The van der Waals surface area contributed by atoms with E-state index >= 15 is 0 Å². The molecule has 0 saturated heterocycles. The SMILES string of the molecule is COc1ccc(CC(O)CCl)cc1. The van der Waals surface area contributed by atoms with Gasteiger partial charge in [-0.15, -0.1) is 11.6 Å². The summed E-state index contributed by atoms with van der Waals surface area (Å²) in [4.78, 5) is 0. The number of aliphatic hydroxyl groups excluding tert-OH is 1. The van der Waals surface area contributed by atoms with Crippen molar-refractivity contribution in [3.8, 4) is 5.75 Å². The fourth-order valence-corrected chi connectivity index (χ4v) is 1.20. The molecule has 72 valence electrons. The molecule has 1 aromatic rings. The number of halogens is 1. The highest BCUT2D eigenvalue weighted by atomic mass is 35.5. The molecule has 1 atom stereocenters. The van der Waals surface area contributed by atoms with Crippen LogP contribution in [0.1, 0.15) is 5.56 Å². The van der Waals surface area contributed by atoms with Crippen molar-refractivity contribution in [2.24, 2.45) is 0 Å². The molecule has 1 aromatic carbocycles. The normalized spacial score (nSPS) is 12.5. The molecule has 0 heterocycles. The fourth-order valence-electron chi connectivity index (χ4n) is 1.09. The number of alkyl halides is 1. The Kier molecular flexibility index (Phi) is 4.06. The van der Waals surface area contributed by atoms with Crippen LogP contribution in [0.15, 0.2) is 24.3 Å². The van der Waals surface area contributed by atoms with Gasteiger partial charge in [-0.1, -0.05) is 12.1 Å². The number of rotatable bonds is 4. The monoisotopic (exact) mass is 200 g/mol. The summed E-state index contributed by atoms with van der Waals surface area (Å²) in [6, 6.07) is 7.59. The van der Waals surface area contributed by atoms with E-state index in [1.807, 2.05) is 24.3 Å². The Morgan fingerprint density at radius 3 is 2.46 bits per heavy atom. The number of hydrogen-bond donors (Lipinski definition) is 1. The standard InChI is InChI=1S/C10H13ClO2/c1-13-10-4-2-8(3-5-10)6-9(12)7-11/h2-5,9,12H,6-7H2,1H3. The minimum atomic E-state index is -0.463. The first-order chi connectivity index (χ1) is 6.26. The zero-order valence-corrected chi connectivity index (χ0v) is 8.29. The minimum Gasteiger partial charge on any atom is -0.497 e. The number of benzene rings is 1. The predicted molar refractivity (Wildman–Crippen MR) is 53.4 cm³/mol. The van der Waals surface area contributed by atoms with Gasteiger partial charge in [0, 0.05) is 5.88 Å². The van der Waals surface area contributed by atoms with Gasteiger partial charge in [-0.25, -0.2) is 0 Å². The Morgan fingerprint density at radius 1 is 1.38 bits per heavy atom. The molecule has 0 aromatic heterocycles. The van der Waals surface area contributed by atoms with Crippen LogP contribution in [0, 0.1) is 0 Å². The highest BCUT2D eigenvalue weighted by molar-refractivity contribution is 6.18. The molecule has 2 nitrogen and oxygen atoms in total. The number of hydrogen-bond acceptors (Lipinski definition) is 2. The van der Waals surface area contributed by atoms with E-state index in [-0.39, 0.29) is 5.88 Å². The second-order valence-corrected chi connectivity index (χ2v) is 3.17. The minimum absolute atomic E-state index is 0.270. The highest BCUT2D eigenvalue weighted by Gasteiger charge is 2.03. The van der Waals surface area contributed by atoms with E-state index in [9.17, 15) is 5.11 Å². The van der Waals surface area contributed by atoms with Crippen molar-refractivity contribution in [2.45, 2.75) is 12.5 Å². The molecule has 0 aliphatic carbocycles. The predicted octanol–water partition coefficient (Wildman–Crippen LogP) is 1.84. The van der Waals surface area contributed by atoms with Crippen molar-refractivity contribution in [1.29, 1.82) is 0 Å². The molecule has 1 rings (SSSR count). The van der Waals surface area contributed by atoms with E-state index < -0.39 is 6.10 Å². The summed E-state index contributed by atoms with van der Waals surface area (Å²) in [6.45, 7) is 0. The van der Waals surface area contributed by atoms with E-state index in [0.29, 0.717) is 6.42 Å². The second kappa shape index (κ2) is 5.10. The van der Waals surface area contributed by atoms with Crippen molar-refractivity contribution in [1.82, 2.24) is 0 Å². The summed E-state index contributed by atoms with van der Waals surface area (Å²) in [5.41, 5.74) is 1.06. The van der Waals surface area contributed by atoms with Crippen LogP contribution in [-0.4, -0.2) is 24.2 Å². The lowest BCUT2D eigenvalue weighted by Gasteiger charge is -2.06. The van der Waals surface area contributed by atoms with Crippen LogP contribution in [0.5, 0.6) is 5.75 Å². The quantitative estimate of drug-likeness (QED) is 0.752. The molecule has 0 saturated carbocycles. The molecule has 3 heteroatoms. The van der Waals surface area contributed by atoms with Crippen LogP contribution in [0.3, 0.4) is 0 Å². The van der Waals surface area contributed by atoms with Gasteiger partial charge in [-0.3, -0.25) is 0 Å². The third kappa shape index (κ3) is 3.25. The molecular weight excluding hydrogens is 188 g/mol. The van der Waals surface area contributed by atoms with Crippen LogP contribution in [0.2, 0.25) is 0 Å². The maximum Gasteiger partial charge on any atom is 0.118 e. The first-order valence-electron chi connectivity index (χ1n) is 4.13. The molecule has 0 aliphatic rings. The zero-order chi connectivity index (χ0) is 9.68. The second-order valence-electron chi connectivity index (χ2n) is 2.86. The van der Waals surface area contributed by atoms with Crippen LogP contribution in [0.4, 0.5) is 0 Å². The number of ether oxygens (including phenoxy) is 1. The van der Waals surface area contributed by atoms with Crippen LogP contribution < -0.4 is 4.74 Å². The van der Waals surface area contributed by atoms with Crippen molar-refractivity contribution >= 4 is 11.6 Å². The molecule has 1 N–H and O–H groups in total. The van der Waals surface area contributed by atoms with E-state index in [0.717, 1.165) is 11.3 Å². The molecule has 13 heavy (non-hydrogen) atoms. The molecular formula is C10H13ClO2. The van der Waals surface area contributed by atoms with E-state index in [1.165, 1.54) is 0 Å². The van der Waals surface area contributed by atoms with E-state index in [4.69, 9.17) is 16.3 Å². The van der Waals surface area contributed by atoms with Gasteiger partial charge in [-0.2, -0.15) is 0 Å². The highest BCUT2D eigenvalue weighted by Crippen LogP contribution is 2.12. The third-order valence-corrected chi connectivity index (χ3v) is 2.16. The van der Waals surface area contributed by atoms with Gasteiger partial charge in [0.2, 0.25) is 0 Å². The van der Waals surface area contributed by atoms with Crippen LogP contribution in [0.25, 0.3) is 0 Å². The fraction of sp³-hybridized carbons (Fsp3) is 0.400. The average Bonchev–Trinajstić information content (AvgIpc) is 2.19. The lowest BCUT2D eigenvalue weighted by atomic mass is 10.1. The summed E-state index contributed by atoms with van der Waals surface area (Å²) in [5, 5.41) is 9.27. The first-order valence-corrected chi connectivity index (χ1v) is 4.66. The molecule has 0 spiro atoms. The van der Waals surface area contributed by atoms with Crippen molar-refractivity contribution < 1.29 is 9.84 Å². The van der Waals surface area contributed by atoms with Gasteiger partial charge in [0.25, 0.3) is 0 Å². The summed E-state index contributed by atoms with van der Waals surface area (Å²) >= 11 is 5.49. The Morgan fingerprint density at radius 2 is 2.00 bits per heavy atom. The molecule has 0 fully saturated rings. The third-order valence-electron chi connectivity index (χ3n) is 1.81. The van der Waals surface area contributed by atoms with Crippen molar-refractivity contribution in [2.75, 3.05) is 13.0 Å².